The lowest BCUT2D eigenvalue weighted by Gasteiger charge is -2.24. The summed E-state index contributed by atoms with van der Waals surface area (Å²) in [5, 5.41) is 10.9. The molecule has 4 heteroatoms. The van der Waals surface area contributed by atoms with Crippen molar-refractivity contribution in [2.45, 2.75) is 44.6 Å². The molecular weight excluding hydrogens is 182 g/mol. The van der Waals surface area contributed by atoms with Crippen molar-refractivity contribution >= 4 is 5.78 Å². The molecule has 0 bridgehead atoms. The van der Waals surface area contributed by atoms with E-state index in [0.717, 1.165) is 12.8 Å². The van der Waals surface area contributed by atoms with Crippen molar-refractivity contribution in [2.24, 2.45) is 0 Å². The van der Waals surface area contributed by atoms with E-state index in [1.807, 2.05) is 6.08 Å². The van der Waals surface area contributed by atoms with E-state index < -0.39 is 5.54 Å². The summed E-state index contributed by atoms with van der Waals surface area (Å²) >= 11 is 0. The minimum Gasteiger partial charge on any atom is -0.300 e. The molecule has 1 rings (SSSR count). The van der Waals surface area contributed by atoms with Gasteiger partial charge in [0.25, 0.3) is 0 Å². The average Bonchev–Trinajstić information content (AvgIpc) is 2.16. The second-order valence-corrected chi connectivity index (χ2v) is 3.86. The lowest BCUT2D eigenvalue weighted by molar-refractivity contribution is -0.558. The number of rotatable bonds is 4. The maximum absolute atomic E-state index is 10.9. The van der Waals surface area contributed by atoms with Crippen molar-refractivity contribution in [3.05, 3.63) is 22.3 Å². The van der Waals surface area contributed by atoms with E-state index in [2.05, 4.69) is 0 Å². The summed E-state index contributed by atoms with van der Waals surface area (Å²) in [7, 11) is 0. The Morgan fingerprint density at radius 3 is 2.79 bits per heavy atom. The van der Waals surface area contributed by atoms with Gasteiger partial charge in [0.05, 0.1) is 0 Å². The zero-order valence-corrected chi connectivity index (χ0v) is 8.36. The van der Waals surface area contributed by atoms with Gasteiger partial charge in [-0.15, -0.1) is 0 Å². The van der Waals surface area contributed by atoms with Gasteiger partial charge in [-0.3, -0.25) is 10.1 Å². The van der Waals surface area contributed by atoms with Crippen LogP contribution in [0.15, 0.2) is 12.2 Å². The molecule has 0 aromatic rings. The van der Waals surface area contributed by atoms with Crippen LogP contribution in [0.5, 0.6) is 0 Å². The fourth-order valence-electron chi connectivity index (χ4n) is 1.76. The molecule has 0 aromatic heterocycles. The van der Waals surface area contributed by atoms with Gasteiger partial charge < -0.3 is 4.79 Å². The second-order valence-electron chi connectivity index (χ2n) is 3.86. The second kappa shape index (κ2) is 4.35. The molecule has 0 aliphatic heterocycles. The molecule has 0 unspecified atom stereocenters. The van der Waals surface area contributed by atoms with Gasteiger partial charge >= 0.3 is 0 Å². The molecule has 4 nitrogen and oxygen atoms in total. The Morgan fingerprint density at radius 2 is 2.36 bits per heavy atom. The van der Waals surface area contributed by atoms with Gasteiger partial charge in [-0.25, -0.2) is 0 Å². The lowest BCUT2D eigenvalue weighted by atomic mass is 9.84. The van der Waals surface area contributed by atoms with Crippen LogP contribution < -0.4 is 0 Å². The van der Waals surface area contributed by atoms with Gasteiger partial charge in [0.2, 0.25) is 5.54 Å². The lowest BCUT2D eigenvalue weighted by Crippen LogP contribution is -2.37. The fourth-order valence-corrected chi connectivity index (χ4v) is 1.76. The summed E-state index contributed by atoms with van der Waals surface area (Å²) in [5.41, 5.74) is -0.968. The Bertz CT molecular complexity index is 273. The minimum absolute atomic E-state index is 0.0187. The maximum Gasteiger partial charge on any atom is 0.240 e. The smallest absolute Gasteiger partial charge is 0.240 e. The highest BCUT2D eigenvalue weighted by molar-refractivity contribution is 5.75. The molecule has 0 amide bonds. The zero-order chi connectivity index (χ0) is 10.6. The van der Waals surface area contributed by atoms with Crippen molar-refractivity contribution in [3.8, 4) is 0 Å². The van der Waals surface area contributed by atoms with Crippen LogP contribution in [0.25, 0.3) is 0 Å². The number of carbonyl (C=O) groups excluding carboxylic acids is 1. The summed E-state index contributed by atoms with van der Waals surface area (Å²) in [5.74, 6) is 0.0187. The summed E-state index contributed by atoms with van der Waals surface area (Å²) in [6.07, 6.45) is 6.47. The molecule has 1 atom stereocenters. The highest BCUT2D eigenvalue weighted by Crippen LogP contribution is 2.29. The molecule has 0 spiro atoms. The average molecular weight is 197 g/mol. The molecule has 0 radical (unpaired) electrons. The molecule has 0 saturated carbocycles. The van der Waals surface area contributed by atoms with E-state index in [1.54, 1.807) is 6.08 Å². The van der Waals surface area contributed by atoms with Gasteiger partial charge in [0.1, 0.15) is 5.78 Å². The number of nitrogens with zero attached hydrogens (tertiary/aromatic N) is 1. The topological polar surface area (TPSA) is 60.2 Å². The first-order valence-corrected chi connectivity index (χ1v) is 4.88. The maximum atomic E-state index is 10.9. The van der Waals surface area contributed by atoms with E-state index in [-0.39, 0.29) is 10.7 Å². The normalized spacial score (nSPS) is 26.1. The van der Waals surface area contributed by atoms with Crippen LogP contribution in [0, 0.1) is 10.1 Å². The molecule has 0 fully saturated rings. The van der Waals surface area contributed by atoms with E-state index >= 15 is 0 Å². The Morgan fingerprint density at radius 1 is 1.64 bits per heavy atom. The molecule has 0 saturated heterocycles. The van der Waals surface area contributed by atoms with E-state index in [0.29, 0.717) is 19.3 Å². The Kier molecular flexibility index (Phi) is 3.38. The van der Waals surface area contributed by atoms with Crippen LogP contribution >= 0.6 is 0 Å². The number of ketones is 1. The van der Waals surface area contributed by atoms with Gasteiger partial charge in [-0.1, -0.05) is 6.08 Å². The van der Waals surface area contributed by atoms with Crippen LogP contribution in [0.4, 0.5) is 0 Å². The van der Waals surface area contributed by atoms with Crippen molar-refractivity contribution < 1.29 is 9.72 Å². The van der Waals surface area contributed by atoms with E-state index in [9.17, 15) is 14.9 Å². The highest BCUT2D eigenvalue weighted by atomic mass is 16.6. The van der Waals surface area contributed by atoms with Gasteiger partial charge in [-0.05, 0) is 25.8 Å². The zero-order valence-electron chi connectivity index (χ0n) is 8.36. The fraction of sp³-hybridized carbons (Fsp3) is 0.700. The van der Waals surface area contributed by atoms with Crippen molar-refractivity contribution in [3.63, 3.8) is 0 Å². The Labute approximate surface area is 83.1 Å². The molecule has 0 aromatic carbocycles. The molecule has 0 N–H and O–H groups in total. The number of hydrogen-bond acceptors (Lipinski definition) is 3. The molecule has 1 aliphatic rings. The van der Waals surface area contributed by atoms with Crippen molar-refractivity contribution in [2.75, 3.05) is 0 Å². The van der Waals surface area contributed by atoms with Gasteiger partial charge in [-0.2, -0.15) is 0 Å². The van der Waals surface area contributed by atoms with E-state index in [4.69, 9.17) is 0 Å². The number of carbonyl (C=O) groups is 1. The molecule has 1 aliphatic carbocycles. The largest absolute Gasteiger partial charge is 0.300 e. The van der Waals surface area contributed by atoms with Crippen LogP contribution in [0.2, 0.25) is 0 Å². The molecular formula is C10H15NO3. The van der Waals surface area contributed by atoms with Gasteiger partial charge in [0, 0.05) is 24.2 Å². The first-order valence-electron chi connectivity index (χ1n) is 4.88. The number of allylic oxidation sites excluding steroid dienone is 1. The third-order valence-corrected chi connectivity index (χ3v) is 2.68. The van der Waals surface area contributed by atoms with Crippen LogP contribution in [0.1, 0.15) is 39.0 Å². The first-order chi connectivity index (χ1) is 6.57. The highest BCUT2D eigenvalue weighted by Gasteiger charge is 2.40. The quantitative estimate of drug-likeness (QED) is 0.394. The van der Waals surface area contributed by atoms with Crippen molar-refractivity contribution in [1.82, 2.24) is 0 Å². The predicted molar refractivity (Wildman–Crippen MR) is 52.6 cm³/mol. The van der Waals surface area contributed by atoms with Crippen LogP contribution in [-0.2, 0) is 4.79 Å². The predicted octanol–water partition coefficient (Wildman–Crippen LogP) is 2.11. The minimum atomic E-state index is -0.968. The third kappa shape index (κ3) is 2.40. The monoisotopic (exact) mass is 197 g/mol. The summed E-state index contributed by atoms with van der Waals surface area (Å²) < 4.78 is 0. The first kappa shape index (κ1) is 10.9. The van der Waals surface area contributed by atoms with Crippen molar-refractivity contribution in [1.29, 1.82) is 0 Å². The number of nitro groups is 1. The van der Waals surface area contributed by atoms with Crippen LogP contribution in [0.3, 0.4) is 0 Å². The molecule has 14 heavy (non-hydrogen) atoms. The summed E-state index contributed by atoms with van der Waals surface area (Å²) in [6, 6.07) is 0. The molecule has 0 heterocycles. The van der Waals surface area contributed by atoms with E-state index in [1.165, 1.54) is 6.92 Å². The number of Topliss-reactive ketones (excluding diaryl/α,β-unsaturated/α-hetero) is 1. The standard InChI is InChI=1S/C10H15NO3/c1-9(12)5-8-10(11(13)14)6-3-2-4-7-10/h3,6H,2,4-5,7-8H2,1H3/t10-/m0/s1. The third-order valence-electron chi connectivity index (χ3n) is 2.68. The summed E-state index contributed by atoms with van der Waals surface area (Å²) in [4.78, 5) is 21.5. The summed E-state index contributed by atoms with van der Waals surface area (Å²) in [6.45, 7) is 1.47. The van der Waals surface area contributed by atoms with Gasteiger partial charge in [0.15, 0.2) is 0 Å². The van der Waals surface area contributed by atoms with Crippen LogP contribution in [-0.4, -0.2) is 16.2 Å². The molecule has 78 valence electrons. The Balaban J connectivity index is 2.71. The Hall–Kier alpha value is -1.19. The SMILES string of the molecule is CC(=O)CC[C@]1([N+](=O)[O-])C=CCCC1. The number of hydrogen-bond donors (Lipinski definition) is 0.